The van der Waals surface area contributed by atoms with Crippen LogP contribution in [0, 0.1) is 16.0 Å². The number of nitrogens with zero attached hydrogens (tertiary/aromatic N) is 2. The van der Waals surface area contributed by atoms with Gasteiger partial charge < -0.3 is 4.74 Å². The third-order valence-corrected chi connectivity index (χ3v) is 3.63. The minimum atomic E-state index is -0.544. The maximum atomic E-state index is 11.7. The first-order valence-electron chi connectivity index (χ1n) is 7.29. The summed E-state index contributed by atoms with van der Waals surface area (Å²) in [5.41, 5.74) is 3.28. The van der Waals surface area contributed by atoms with E-state index in [1.54, 1.807) is 12.1 Å². The number of nitro groups is 1. The number of benzene rings is 1. The van der Waals surface area contributed by atoms with Crippen molar-refractivity contribution < 1.29 is 14.5 Å². The molecular formula is C15H19N3O4. The summed E-state index contributed by atoms with van der Waals surface area (Å²) in [6.07, 6.45) is 4.26. The molecule has 118 valence electrons. The van der Waals surface area contributed by atoms with Crippen LogP contribution in [0.4, 0.5) is 5.69 Å². The second-order valence-electron chi connectivity index (χ2n) is 5.30. The van der Waals surface area contributed by atoms with E-state index in [0.29, 0.717) is 5.92 Å². The Balaban J connectivity index is 1.88. The molecule has 1 aliphatic carbocycles. The summed E-state index contributed by atoms with van der Waals surface area (Å²) < 4.78 is 5.20. The van der Waals surface area contributed by atoms with E-state index in [1.165, 1.54) is 18.6 Å². The Morgan fingerprint density at radius 3 is 2.95 bits per heavy atom. The van der Waals surface area contributed by atoms with E-state index < -0.39 is 10.8 Å². The second kappa shape index (κ2) is 7.53. The lowest BCUT2D eigenvalue weighted by Gasteiger charge is -2.19. The van der Waals surface area contributed by atoms with Crippen LogP contribution in [0.3, 0.4) is 0 Å². The predicted molar refractivity (Wildman–Crippen MR) is 81.8 cm³/mol. The number of hydrogen-bond donors (Lipinski definition) is 1. The molecule has 1 N–H and O–H groups in total. The van der Waals surface area contributed by atoms with Crippen LogP contribution in [0.5, 0.6) is 5.75 Å². The Morgan fingerprint density at radius 1 is 1.45 bits per heavy atom. The summed E-state index contributed by atoms with van der Waals surface area (Å²) in [6.45, 7) is 1.78. The molecule has 1 aromatic rings. The van der Waals surface area contributed by atoms with Crippen LogP contribution in [-0.2, 0) is 4.79 Å². The number of amides is 1. The van der Waals surface area contributed by atoms with E-state index in [1.807, 2.05) is 0 Å². The minimum Gasteiger partial charge on any atom is -0.477 e. The number of hydrogen-bond acceptors (Lipinski definition) is 5. The van der Waals surface area contributed by atoms with Gasteiger partial charge in [-0.2, -0.15) is 5.10 Å². The molecular weight excluding hydrogens is 286 g/mol. The van der Waals surface area contributed by atoms with Crippen molar-refractivity contribution >= 4 is 17.3 Å². The maximum absolute atomic E-state index is 11.7. The molecule has 1 amide bonds. The van der Waals surface area contributed by atoms with E-state index in [0.717, 1.165) is 25.0 Å². The average molecular weight is 305 g/mol. The number of rotatable bonds is 5. The third-order valence-electron chi connectivity index (χ3n) is 3.63. The highest BCUT2D eigenvalue weighted by molar-refractivity contribution is 5.88. The van der Waals surface area contributed by atoms with Crippen LogP contribution in [-0.4, -0.2) is 23.1 Å². The van der Waals surface area contributed by atoms with Crippen LogP contribution in [0.15, 0.2) is 29.4 Å². The molecule has 0 bridgehead atoms. The zero-order valence-electron chi connectivity index (χ0n) is 12.4. The van der Waals surface area contributed by atoms with Crippen molar-refractivity contribution in [1.82, 2.24) is 5.43 Å². The molecule has 7 nitrogen and oxygen atoms in total. The lowest BCUT2D eigenvalue weighted by Crippen LogP contribution is -2.28. The number of carbonyl (C=O) groups excluding carboxylic acids is 1. The highest BCUT2D eigenvalue weighted by Gasteiger charge is 2.17. The van der Waals surface area contributed by atoms with Gasteiger partial charge in [0, 0.05) is 11.8 Å². The molecule has 7 heteroatoms. The van der Waals surface area contributed by atoms with Crippen molar-refractivity contribution in [3.05, 3.63) is 34.4 Å². The summed E-state index contributed by atoms with van der Waals surface area (Å²) in [6, 6.07) is 5.95. The summed E-state index contributed by atoms with van der Waals surface area (Å²) >= 11 is 0. The Labute approximate surface area is 128 Å². The van der Waals surface area contributed by atoms with E-state index in [-0.39, 0.29) is 18.0 Å². The second-order valence-corrected chi connectivity index (χ2v) is 5.30. The Kier molecular flexibility index (Phi) is 5.46. The van der Waals surface area contributed by atoms with E-state index in [2.05, 4.69) is 17.5 Å². The van der Waals surface area contributed by atoms with Crippen molar-refractivity contribution in [3.8, 4) is 5.75 Å². The molecule has 1 aliphatic rings. The smallest absolute Gasteiger partial charge is 0.310 e. The molecule has 1 aromatic carbocycles. The molecule has 0 saturated heterocycles. The molecule has 22 heavy (non-hydrogen) atoms. The van der Waals surface area contributed by atoms with Crippen molar-refractivity contribution in [2.75, 3.05) is 6.61 Å². The first-order valence-corrected chi connectivity index (χ1v) is 7.29. The lowest BCUT2D eigenvalue weighted by molar-refractivity contribution is -0.385. The zero-order valence-corrected chi connectivity index (χ0v) is 12.4. The molecule has 0 aliphatic heterocycles. The van der Waals surface area contributed by atoms with Gasteiger partial charge in [0.05, 0.1) is 4.92 Å². The van der Waals surface area contributed by atoms with E-state index in [4.69, 9.17) is 4.74 Å². The number of hydrazone groups is 1. The molecule has 0 heterocycles. The highest BCUT2D eigenvalue weighted by Crippen LogP contribution is 2.25. The van der Waals surface area contributed by atoms with Gasteiger partial charge in [-0.3, -0.25) is 14.9 Å². The fourth-order valence-corrected chi connectivity index (χ4v) is 2.38. The minimum absolute atomic E-state index is 0.0707. The monoisotopic (exact) mass is 305 g/mol. The molecule has 2 rings (SSSR count). The summed E-state index contributed by atoms with van der Waals surface area (Å²) in [5.74, 6) is 0.0231. The van der Waals surface area contributed by atoms with Gasteiger partial charge in [-0.1, -0.05) is 25.5 Å². The molecule has 0 spiro atoms. The SMILES string of the molecule is C[C@H]1CCCC/C1=N/NC(=O)COc1ccccc1[N+](=O)[O-]. The molecule has 1 saturated carbocycles. The first-order chi connectivity index (χ1) is 10.6. The van der Waals surface area contributed by atoms with Crippen LogP contribution < -0.4 is 10.2 Å². The molecule has 1 atom stereocenters. The molecule has 0 aromatic heterocycles. The Hall–Kier alpha value is -2.44. The third kappa shape index (κ3) is 4.28. The number of ether oxygens (including phenoxy) is 1. The van der Waals surface area contributed by atoms with Gasteiger partial charge >= 0.3 is 5.69 Å². The van der Waals surface area contributed by atoms with Gasteiger partial charge in [0.25, 0.3) is 5.91 Å². The maximum Gasteiger partial charge on any atom is 0.310 e. The van der Waals surface area contributed by atoms with Crippen molar-refractivity contribution in [2.24, 2.45) is 11.0 Å². The fourth-order valence-electron chi connectivity index (χ4n) is 2.38. The summed E-state index contributed by atoms with van der Waals surface area (Å²) in [7, 11) is 0. The number of nitrogens with one attached hydrogen (secondary N) is 1. The molecule has 0 radical (unpaired) electrons. The topological polar surface area (TPSA) is 93.8 Å². The van der Waals surface area contributed by atoms with Gasteiger partial charge in [0.2, 0.25) is 0 Å². The van der Waals surface area contributed by atoms with Crippen molar-refractivity contribution in [3.63, 3.8) is 0 Å². The molecule has 0 unspecified atom stereocenters. The van der Waals surface area contributed by atoms with Crippen molar-refractivity contribution in [2.45, 2.75) is 32.6 Å². The highest BCUT2D eigenvalue weighted by atomic mass is 16.6. The van der Waals surface area contributed by atoms with Crippen LogP contribution in [0.25, 0.3) is 0 Å². The van der Waals surface area contributed by atoms with E-state index >= 15 is 0 Å². The normalized spacial score (nSPS) is 19.7. The number of nitro benzene ring substituents is 1. The lowest BCUT2D eigenvalue weighted by atomic mass is 9.89. The summed E-state index contributed by atoms with van der Waals surface area (Å²) in [4.78, 5) is 22.0. The largest absolute Gasteiger partial charge is 0.477 e. The zero-order chi connectivity index (χ0) is 15.9. The van der Waals surface area contributed by atoms with Crippen LogP contribution in [0.1, 0.15) is 32.6 Å². The molecule has 1 fully saturated rings. The van der Waals surface area contributed by atoms with Crippen molar-refractivity contribution in [1.29, 1.82) is 0 Å². The standard InChI is InChI=1S/C15H19N3O4/c1-11-6-2-3-7-12(11)16-17-15(19)10-22-14-9-5-4-8-13(14)18(20)21/h4-5,8-9,11H,2-3,6-7,10H2,1H3,(H,17,19)/b16-12-/t11-/m0/s1. The first kappa shape index (κ1) is 15.9. The van der Waals surface area contributed by atoms with Crippen LogP contribution in [0.2, 0.25) is 0 Å². The van der Waals surface area contributed by atoms with Crippen LogP contribution >= 0.6 is 0 Å². The average Bonchev–Trinajstić information content (AvgIpc) is 2.52. The van der Waals surface area contributed by atoms with Gasteiger partial charge in [0.1, 0.15) is 0 Å². The number of carbonyl (C=O) groups is 1. The number of para-hydroxylation sites is 2. The summed E-state index contributed by atoms with van der Waals surface area (Å²) in [5, 5.41) is 15.0. The Morgan fingerprint density at radius 2 is 2.23 bits per heavy atom. The predicted octanol–water partition coefficient (Wildman–Crippen LogP) is 2.66. The fraction of sp³-hybridized carbons (Fsp3) is 0.467. The Bertz CT molecular complexity index is 586. The van der Waals surface area contributed by atoms with Gasteiger partial charge in [0.15, 0.2) is 12.4 Å². The van der Waals surface area contributed by atoms with Gasteiger partial charge in [-0.25, -0.2) is 5.43 Å². The van der Waals surface area contributed by atoms with E-state index in [9.17, 15) is 14.9 Å². The van der Waals surface area contributed by atoms with Gasteiger partial charge in [-0.05, 0) is 31.2 Å². The quantitative estimate of drug-likeness (QED) is 0.668. The van der Waals surface area contributed by atoms with Gasteiger partial charge in [-0.15, -0.1) is 0 Å².